The van der Waals surface area contributed by atoms with E-state index in [0.29, 0.717) is 17.0 Å². The van der Waals surface area contributed by atoms with Gasteiger partial charge in [0.25, 0.3) is 0 Å². The first kappa shape index (κ1) is 18.0. The molecule has 3 rings (SSSR count). The molecule has 2 heterocycles. The van der Waals surface area contributed by atoms with E-state index in [1.807, 2.05) is 27.7 Å². The van der Waals surface area contributed by atoms with Crippen molar-refractivity contribution in [3.63, 3.8) is 0 Å². The summed E-state index contributed by atoms with van der Waals surface area (Å²) in [6, 6.07) is 5.12. The van der Waals surface area contributed by atoms with Crippen LogP contribution in [0.15, 0.2) is 30.5 Å². The number of hydrogen-bond donors (Lipinski definition) is 0. The summed E-state index contributed by atoms with van der Waals surface area (Å²) in [5.74, 6) is 0.427. The maximum Gasteiger partial charge on any atom is 0.516 e. The van der Waals surface area contributed by atoms with E-state index in [1.54, 1.807) is 23.9 Å². The van der Waals surface area contributed by atoms with Gasteiger partial charge in [0, 0.05) is 18.8 Å². The Kier molecular flexibility index (Phi) is 4.04. The Hall–Kier alpha value is -1.80. The third-order valence-electron chi connectivity index (χ3n) is 4.84. The molecule has 1 aromatic heterocycles. The van der Waals surface area contributed by atoms with Crippen molar-refractivity contribution in [3.05, 3.63) is 36.0 Å². The number of aryl methyl sites for hydroxylation is 1. The Bertz CT molecular complexity index is 783. The lowest BCUT2D eigenvalue weighted by molar-refractivity contribution is -0.137. The van der Waals surface area contributed by atoms with Gasteiger partial charge < -0.3 is 13.9 Å². The average molecular weight is 352 g/mol. The Morgan fingerprint density at radius 1 is 1.08 bits per heavy atom. The minimum atomic E-state index is -4.39. The molecule has 1 aromatic carbocycles. The van der Waals surface area contributed by atoms with E-state index in [2.05, 4.69) is 4.98 Å². The first-order valence-electron chi connectivity index (χ1n) is 7.97. The van der Waals surface area contributed by atoms with Gasteiger partial charge in [0.15, 0.2) is 0 Å². The van der Waals surface area contributed by atoms with E-state index < -0.39 is 30.1 Å². The predicted molar refractivity (Wildman–Crippen MR) is 89.4 cm³/mol. The molecule has 0 atom stereocenters. The lowest BCUT2D eigenvalue weighted by atomic mass is 9.86. The number of benzene rings is 1. The van der Waals surface area contributed by atoms with Crippen LogP contribution in [0.4, 0.5) is 13.2 Å². The van der Waals surface area contributed by atoms with Gasteiger partial charge in [0.05, 0.1) is 22.4 Å². The van der Waals surface area contributed by atoms with Gasteiger partial charge in [-0.25, -0.2) is 4.98 Å². The number of halogens is 3. The highest BCUT2D eigenvalue weighted by Gasteiger charge is 2.52. The Morgan fingerprint density at radius 2 is 1.68 bits per heavy atom. The van der Waals surface area contributed by atoms with Crippen LogP contribution in [0.1, 0.15) is 33.3 Å². The third-order valence-corrected chi connectivity index (χ3v) is 4.84. The van der Waals surface area contributed by atoms with E-state index in [-0.39, 0.29) is 0 Å². The summed E-state index contributed by atoms with van der Waals surface area (Å²) in [7, 11) is 1.08. The topological polar surface area (TPSA) is 36.3 Å². The fourth-order valence-corrected chi connectivity index (χ4v) is 2.67. The van der Waals surface area contributed by atoms with Gasteiger partial charge in [-0.2, -0.15) is 13.2 Å². The summed E-state index contributed by atoms with van der Waals surface area (Å²) in [4.78, 5) is 4.46. The number of rotatable bonds is 2. The van der Waals surface area contributed by atoms with Gasteiger partial charge in [0.1, 0.15) is 5.82 Å². The Balaban J connectivity index is 1.95. The van der Waals surface area contributed by atoms with Gasteiger partial charge in [-0.1, -0.05) is 12.1 Å². The molecule has 0 radical (unpaired) electrons. The van der Waals surface area contributed by atoms with Crippen LogP contribution < -0.4 is 5.59 Å². The maximum absolute atomic E-state index is 12.9. The summed E-state index contributed by atoms with van der Waals surface area (Å²) in [5, 5.41) is 0. The molecule has 0 saturated carbocycles. The van der Waals surface area contributed by atoms with Crippen LogP contribution in [0.2, 0.25) is 0 Å². The van der Waals surface area contributed by atoms with Crippen molar-refractivity contribution < 1.29 is 22.5 Å². The maximum atomic E-state index is 12.9. The van der Waals surface area contributed by atoms with Crippen molar-refractivity contribution in [2.75, 3.05) is 0 Å². The highest BCUT2D eigenvalue weighted by atomic mass is 19.4. The first-order valence-corrected chi connectivity index (χ1v) is 7.97. The molecule has 1 fully saturated rings. The number of imidazole rings is 1. The van der Waals surface area contributed by atoms with Gasteiger partial charge in [-0.05, 0) is 39.8 Å². The van der Waals surface area contributed by atoms with Crippen LogP contribution in [0.25, 0.3) is 11.4 Å². The molecular formula is C17H20BF3N2O2. The second-order valence-corrected chi connectivity index (χ2v) is 7.27. The van der Waals surface area contributed by atoms with Gasteiger partial charge in [0.2, 0.25) is 0 Å². The predicted octanol–water partition coefficient (Wildman–Crippen LogP) is 3.41. The smallest absolute Gasteiger partial charge is 0.398 e. The lowest BCUT2D eigenvalue weighted by Gasteiger charge is -2.32. The molecule has 0 N–H and O–H groups in total. The quantitative estimate of drug-likeness (QED) is 0.778. The summed E-state index contributed by atoms with van der Waals surface area (Å²) in [6.45, 7) is 7.74. The molecule has 0 spiro atoms. The monoisotopic (exact) mass is 352 g/mol. The van der Waals surface area contributed by atoms with Crippen LogP contribution in [-0.4, -0.2) is 27.9 Å². The second-order valence-electron chi connectivity index (χ2n) is 7.27. The minimum Gasteiger partial charge on any atom is -0.398 e. The van der Waals surface area contributed by atoms with Crippen molar-refractivity contribution in [2.24, 2.45) is 7.05 Å². The highest BCUT2D eigenvalue weighted by Crippen LogP contribution is 2.36. The fourth-order valence-electron chi connectivity index (χ4n) is 2.67. The molecule has 0 amide bonds. The normalized spacial score (nSPS) is 19.4. The summed E-state index contributed by atoms with van der Waals surface area (Å²) in [5.41, 5.74) is -0.796. The molecule has 25 heavy (non-hydrogen) atoms. The van der Waals surface area contributed by atoms with E-state index >= 15 is 0 Å². The molecular weight excluding hydrogens is 332 g/mol. The third kappa shape index (κ3) is 3.20. The number of aromatic nitrogens is 2. The molecule has 0 bridgehead atoms. The van der Waals surface area contributed by atoms with E-state index in [4.69, 9.17) is 9.31 Å². The second kappa shape index (κ2) is 5.61. The van der Waals surface area contributed by atoms with E-state index in [1.165, 1.54) is 6.07 Å². The standard InChI is InChI=1S/C17H20BF3N2O2/c1-15(2)16(3,4)25-18(24-15)13-10-23(5)14(22-13)11-7-6-8-12(9-11)17(19,20)21/h6-10H,1-5H3. The molecule has 2 aromatic rings. The number of alkyl halides is 3. The van der Waals surface area contributed by atoms with E-state index in [9.17, 15) is 13.2 Å². The highest BCUT2D eigenvalue weighted by molar-refractivity contribution is 6.61. The molecule has 134 valence electrons. The van der Waals surface area contributed by atoms with Gasteiger partial charge in [-0.15, -0.1) is 0 Å². The van der Waals surface area contributed by atoms with Crippen LogP contribution in [0.3, 0.4) is 0 Å². The molecule has 0 aliphatic carbocycles. The SMILES string of the molecule is Cn1cc(B2OC(C)(C)C(C)(C)O2)nc1-c1cccc(C(F)(F)F)c1. The molecule has 0 unspecified atom stereocenters. The van der Waals surface area contributed by atoms with Crippen molar-refractivity contribution >= 4 is 12.7 Å². The van der Waals surface area contributed by atoms with E-state index in [0.717, 1.165) is 12.1 Å². The van der Waals surface area contributed by atoms with Gasteiger partial charge >= 0.3 is 13.3 Å². The molecule has 4 nitrogen and oxygen atoms in total. The zero-order chi connectivity index (χ0) is 18.6. The first-order chi connectivity index (χ1) is 11.4. The van der Waals surface area contributed by atoms with Crippen molar-refractivity contribution in [3.8, 4) is 11.4 Å². The van der Waals surface area contributed by atoms with Crippen LogP contribution in [0.5, 0.6) is 0 Å². The number of hydrogen-bond acceptors (Lipinski definition) is 3. The number of nitrogens with zero attached hydrogens (tertiary/aromatic N) is 2. The molecule has 1 aliphatic heterocycles. The van der Waals surface area contributed by atoms with Crippen LogP contribution in [0, 0.1) is 0 Å². The van der Waals surface area contributed by atoms with Crippen molar-refractivity contribution in [1.82, 2.24) is 9.55 Å². The summed E-state index contributed by atoms with van der Waals surface area (Å²) >= 11 is 0. The summed E-state index contributed by atoms with van der Waals surface area (Å²) in [6.07, 6.45) is -2.67. The van der Waals surface area contributed by atoms with Crippen molar-refractivity contribution in [2.45, 2.75) is 45.1 Å². The molecule has 8 heteroatoms. The summed E-state index contributed by atoms with van der Waals surface area (Å²) < 4.78 is 52.4. The Labute approximate surface area is 145 Å². The van der Waals surface area contributed by atoms with Crippen molar-refractivity contribution in [1.29, 1.82) is 0 Å². The fraction of sp³-hybridized carbons (Fsp3) is 0.471. The van der Waals surface area contributed by atoms with Crippen LogP contribution in [-0.2, 0) is 22.5 Å². The zero-order valence-corrected chi connectivity index (χ0v) is 14.8. The minimum absolute atomic E-state index is 0.389. The van der Waals surface area contributed by atoms with Crippen LogP contribution >= 0.6 is 0 Å². The average Bonchev–Trinajstić information content (AvgIpc) is 2.96. The van der Waals surface area contributed by atoms with Gasteiger partial charge in [-0.3, -0.25) is 0 Å². The molecule has 1 saturated heterocycles. The largest absolute Gasteiger partial charge is 0.516 e. The lowest BCUT2D eigenvalue weighted by Crippen LogP contribution is -2.41. The molecule has 1 aliphatic rings. The Morgan fingerprint density at radius 3 is 2.24 bits per heavy atom. The zero-order valence-electron chi connectivity index (χ0n) is 14.8.